The Morgan fingerprint density at radius 3 is 2.71 bits per heavy atom. The Kier molecular flexibility index (Phi) is 4.06. The van der Waals surface area contributed by atoms with Crippen LogP contribution >= 0.6 is 12.2 Å². The maximum atomic E-state index is 5.72. The van der Waals surface area contributed by atoms with E-state index in [1.807, 2.05) is 0 Å². The lowest BCUT2D eigenvalue weighted by molar-refractivity contribution is 0.167. The molecule has 0 spiro atoms. The molecule has 98 valence electrons. The summed E-state index contributed by atoms with van der Waals surface area (Å²) in [6.07, 6.45) is 4.85. The monoisotopic (exact) mass is 255 g/mol. The Morgan fingerprint density at radius 2 is 2.12 bits per heavy atom. The first-order valence-electron chi connectivity index (χ1n) is 6.72. The molecule has 1 atom stereocenters. The van der Waals surface area contributed by atoms with Gasteiger partial charge in [0.05, 0.1) is 4.99 Å². The molecular formula is C13H25N3S. The van der Waals surface area contributed by atoms with Crippen molar-refractivity contribution in [3.63, 3.8) is 0 Å². The van der Waals surface area contributed by atoms with E-state index in [9.17, 15) is 0 Å². The molecule has 0 aromatic rings. The van der Waals surface area contributed by atoms with Crippen LogP contribution in [0.2, 0.25) is 0 Å². The molecule has 1 aliphatic carbocycles. The molecule has 3 nitrogen and oxygen atoms in total. The molecule has 2 N–H and O–H groups in total. The van der Waals surface area contributed by atoms with Crippen LogP contribution in [0.25, 0.3) is 0 Å². The molecule has 4 heteroatoms. The van der Waals surface area contributed by atoms with E-state index >= 15 is 0 Å². The Balaban J connectivity index is 1.91. The molecule has 0 amide bonds. The number of nitrogens with two attached hydrogens (primary N) is 1. The molecule has 0 bridgehead atoms. The standard InChI is InChI=1S/C13H25N3S/c1-11-9-15(2)6-3-7-16(11)10-13(4-5-13)8-12(14)17/h11H,3-10H2,1-2H3,(H2,14,17). The summed E-state index contributed by atoms with van der Waals surface area (Å²) in [6, 6.07) is 0.659. The summed E-state index contributed by atoms with van der Waals surface area (Å²) >= 11 is 5.08. The van der Waals surface area contributed by atoms with Crippen molar-refractivity contribution in [2.24, 2.45) is 11.1 Å². The van der Waals surface area contributed by atoms with E-state index in [1.54, 1.807) is 0 Å². The summed E-state index contributed by atoms with van der Waals surface area (Å²) in [4.78, 5) is 5.79. The molecule has 1 aliphatic heterocycles. The van der Waals surface area contributed by atoms with Gasteiger partial charge in [-0.2, -0.15) is 0 Å². The molecule has 0 radical (unpaired) electrons. The lowest BCUT2D eigenvalue weighted by Crippen LogP contribution is -2.41. The third-order valence-corrected chi connectivity index (χ3v) is 4.37. The van der Waals surface area contributed by atoms with Gasteiger partial charge in [0, 0.05) is 25.6 Å². The van der Waals surface area contributed by atoms with Crippen LogP contribution in [0.4, 0.5) is 0 Å². The third-order valence-electron chi connectivity index (χ3n) is 4.23. The second-order valence-electron chi connectivity index (χ2n) is 6.08. The van der Waals surface area contributed by atoms with Crippen molar-refractivity contribution in [3.05, 3.63) is 0 Å². The predicted octanol–water partition coefficient (Wildman–Crippen LogP) is 1.47. The van der Waals surface area contributed by atoms with Gasteiger partial charge in [0.15, 0.2) is 0 Å². The van der Waals surface area contributed by atoms with Gasteiger partial charge in [-0.05, 0) is 51.7 Å². The zero-order valence-electron chi connectivity index (χ0n) is 11.1. The van der Waals surface area contributed by atoms with E-state index in [1.165, 1.54) is 45.4 Å². The molecule has 2 fully saturated rings. The fraction of sp³-hybridized carbons (Fsp3) is 0.923. The average Bonchev–Trinajstić information content (AvgIpc) is 2.95. The van der Waals surface area contributed by atoms with Gasteiger partial charge in [-0.1, -0.05) is 12.2 Å². The number of thiocarbonyl (C=S) groups is 1. The average molecular weight is 255 g/mol. The molecule has 2 rings (SSSR count). The minimum absolute atomic E-state index is 0.434. The van der Waals surface area contributed by atoms with Gasteiger partial charge in [-0.3, -0.25) is 4.90 Å². The topological polar surface area (TPSA) is 32.5 Å². The first kappa shape index (κ1) is 13.2. The largest absolute Gasteiger partial charge is 0.393 e. The molecule has 1 saturated carbocycles. The maximum absolute atomic E-state index is 5.72. The van der Waals surface area contributed by atoms with Crippen molar-refractivity contribution in [3.8, 4) is 0 Å². The summed E-state index contributed by atoms with van der Waals surface area (Å²) in [5, 5.41) is 0. The highest BCUT2D eigenvalue weighted by atomic mass is 32.1. The summed E-state index contributed by atoms with van der Waals surface area (Å²) in [7, 11) is 2.22. The zero-order valence-corrected chi connectivity index (χ0v) is 11.9. The fourth-order valence-corrected chi connectivity index (χ4v) is 3.33. The van der Waals surface area contributed by atoms with Crippen LogP contribution in [-0.2, 0) is 0 Å². The van der Waals surface area contributed by atoms with Gasteiger partial charge in [-0.25, -0.2) is 0 Å². The van der Waals surface area contributed by atoms with Crippen molar-refractivity contribution in [1.82, 2.24) is 9.80 Å². The van der Waals surface area contributed by atoms with Gasteiger partial charge < -0.3 is 10.6 Å². The summed E-state index contributed by atoms with van der Waals surface area (Å²) in [5.41, 5.74) is 6.15. The Morgan fingerprint density at radius 1 is 1.41 bits per heavy atom. The summed E-state index contributed by atoms with van der Waals surface area (Å²) < 4.78 is 0. The summed E-state index contributed by atoms with van der Waals surface area (Å²) in [5.74, 6) is 0. The van der Waals surface area contributed by atoms with Crippen molar-refractivity contribution < 1.29 is 0 Å². The minimum atomic E-state index is 0.434. The van der Waals surface area contributed by atoms with E-state index in [0.29, 0.717) is 16.4 Å². The lowest BCUT2D eigenvalue weighted by atomic mass is 10.0. The van der Waals surface area contributed by atoms with Crippen LogP contribution in [0.1, 0.15) is 32.6 Å². The van der Waals surface area contributed by atoms with E-state index in [4.69, 9.17) is 18.0 Å². The second kappa shape index (κ2) is 5.21. The second-order valence-corrected chi connectivity index (χ2v) is 6.60. The first-order chi connectivity index (χ1) is 8.01. The maximum Gasteiger partial charge on any atom is 0.0733 e. The van der Waals surface area contributed by atoms with Crippen LogP contribution in [0.5, 0.6) is 0 Å². The van der Waals surface area contributed by atoms with Crippen molar-refractivity contribution >= 4 is 17.2 Å². The third kappa shape index (κ3) is 3.63. The number of hydrogen-bond acceptors (Lipinski definition) is 3. The van der Waals surface area contributed by atoms with Gasteiger partial charge in [0.2, 0.25) is 0 Å². The predicted molar refractivity (Wildman–Crippen MR) is 76.2 cm³/mol. The van der Waals surface area contributed by atoms with Crippen molar-refractivity contribution in [2.45, 2.75) is 38.6 Å². The van der Waals surface area contributed by atoms with E-state index < -0.39 is 0 Å². The van der Waals surface area contributed by atoms with E-state index in [0.717, 1.165) is 6.42 Å². The zero-order chi connectivity index (χ0) is 12.5. The van der Waals surface area contributed by atoms with Gasteiger partial charge in [0.25, 0.3) is 0 Å². The minimum Gasteiger partial charge on any atom is -0.393 e. The molecule has 1 heterocycles. The normalized spacial score (nSPS) is 29.9. The van der Waals surface area contributed by atoms with E-state index in [-0.39, 0.29) is 0 Å². The molecule has 2 aliphatic rings. The molecule has 1 saturated heterocycles. The molecule has 0 aromatic carbocycles. The van der Waals surface area contributed by atoms with Crippen LogP contribution in [0.3, 0.4) is 0 Å². The molecule has 1 unspecified atom stereocenters. The first-order valence-corrected chi connectivity index (χ1v) is 7.12. The molecule has 0 aromatic heterocycles. The van der Waals surface area contributed by atoms with Crippen LogP contribution in [0, 0.1) is 5.41 Å². The van der Waals surface area contributed by atoms with Crippen molar-refractivity contribution in [2.75, 3.05) is 33.2 Å². The highest BCUT2D eigenvalue weighted by Gasteiger charge is 2.44. The van der Waals surface area contributed by atoms with Crippen LogP contribution < -0.4 is 5.73 Å². The quantitative estimate of drug-likeness (QED) is 0.771. The van der Waals surface area contributed by atoms with Crippen molar-refractivity contribution in [1.29, 1.82) is 0 Å². The smallest absolute Gasteiger partial charge is 0.0733 e. The van der Waals surface area contributed by atoms with Gasteiger partial charge in [0.1, 0.15) is 0 Å². The Bertz CT molecular complexity index is 288. The number of hydrogen-bond donors (Lipinski definition) is 1. The molecular weight excluding hydrogens is 230 g/mol. The fourth-order valence-electron chi connectivity index (χ4n) is 3.02. The number of rotatable bonds is 4. The number of likely N-dealkylation sites (N-methyl/N-ethyl adjacent to an activating group) is 1. The highest BCUT2D eigenvalue weighted by Crippen LogP contribution is 2.49. The SMILES string of the molecule is CC1CN(C)CCCN1CC1(CC(N)=S)CC1. The Labute approximate surface area is 110 Å². The van der Waals surface area contributed by atoms with Crippen LogP contribution in [0.15, 0.2) is 0 Å². The van der Waals surface area contributed by atoms with Crippen LogP contribution in [-0.4, -0.2) is 54.1 Å². The van der Waals surface area contributed by atoms with E-state index in [2.05, 4.69) is 23.8 Å². The number of nitrogens with zero attached hydrogens (tertiary/aromatic N) is 2. The Hall–Kier alpha value is -0.190. The molecule has 17 heavy (non-hydrogen) atoms. The highest BCUT2D eigenvalue weighted by molar-refractivity contribution is 7.80. The summed E-state index contributed by atoms with van der Waals surface area (Å²) in [6.45, 7) is 7.18. The van der Waals surface area contributed by atoms with Gasteiger partial charge >= 0.3 is 0 Å². The lowest BCUT2D eigenvalue weighted by Gasteiger charge is -2.31. The van der Waals surface area contributed by atoms with Gasteiger partial charge in [-0.15, -0.1) is 0 Å².